The minimum atomic E-state index is -3.75. The molecule has 1 aromatic carbocycles. The summed E-state index contributed by atoms with van der Waals surface area (Å²) in [6.45, 7) is 1.80. The normalized spacial score (nSPS) is 15.2. The highest BCUT2D eigenvalue weighted by molar-refractivity contribution is 7.89. The molecule has 7 heteroatoms. The van der Waals surface area contributed by atoms with Crippen LogP contribution >= 0.6 is 0 Å². The Morgan fingerprint density at radius 2 is 2.15 bits per heavy atom. The van der Waals surface area contributed by atoms with E-state index in [9.17, 15) is 13.2 Å². The van der Waals surface area contributed by atoms with E-state index in [1.54, 1.807) is 29.4 Å². The van der Waals surface area contributed by atoms with E-state index in [4.69, 9.17) is 10.8 Å². The fourth-order valence-corrected chi connectivity index (χ4v) is 3.82. The third-order valence-electron chi connectivity index (χ3n) is 4.30. The van der Waals surface area contributed by atoms with Gasteiger partial charge in [-0.05, 0) is 50.1 Å². The Labute approximate surface area is 153 Å². The number of hydrogen-bond donors (Lipinski definition) is 1. The van der Waals surface area contributed by atoms with Crippen molar-refractivity contribution in [2.75, 3.05) is 6.54 Å². The zero-order valence-electron chi connectivity index (χ0n) is 14.4. The molecule has 0 aliphatic heterocycles. The highest BCUT2D eigenvalue weighted by atomic mass is 32.2. The SMILES string of the molecule is C#CCNS(=O)(=O)c1cccc(C(=O)N(C2CC2)[C@H](C)c2ccco2)c1. The molecule has 1 aliphatic rings. The molecule has 0 saturated heterocycles. The van der Waals surface area contributed by atoms with Gasteiger partial charge in [-0.15, -0.1) is 6.42 Å². The minimum absolute atomic E-state index is 0.0139. The molecule has 1 aromatic heterocycles. The van der Waals surface area contributed by atoms with Crippen LogP contribution in [0.5, 0.6) is 0 Å². The second kappa shape index (κ2) is 7.36. The summed E-state index contributed by atoms with van der Waals surface area (Å²) in [5.41, 5.74) is 0.318. The molecule has 1 fully saturated rings. The van der Waals surface area contributed by atoms with Crippen molar-refractivity contribution in [2.24, 2.45) is 0 Å². The van der Waals surface area contributed by atoms with Crippen molar-refractivity contribution in [1.82, 2.24) is 9.62 Å². The molecule has 26 heavy (non-hydrogen) atoms. The van der Waals surface area contributed by atoms with Gasteiger partial charge < -0.3 is 9.32 Å². The van der Waals surface area contributed by atoms with Crippen molar-refractivity contribution >= 4 is 15.9 Å². The Morgan fingerprint density at radius 3 is 2.77 bits per heavy atom. The second-order valence-electron chi connectivity index (χ2n) is 6.19. The first kappa shape index (κ1) is 18.2. The fraction of sp³-hybridized carbons (Fsp3) is 0.316. The van der Waals surface area contributed by atoms with E-state index >= 15 is 0 Å². The summed E-state index contributed by atoms with van der Waals surface area (Å²) in [7, 11) is -3.75. The Bertz CT molecular complexity index is 925. The van der Waals surface area contributed by atoms with Gasteiger partial charge in [0.1, 0.15) is 5.76 Å². The largest absolute Gasteiger partial charge is 0.467 e. The number of carbonyl (C=O) groups excluding carboxylic acids is 1. The van der Waals surface area contributed by atoms with Crippen LogP contribution in [0.3, 0.4) is 0 Å². The van der Waals surface area contributed by atoms with Crippen LogP contribution in [0.15, 0.2) is 52.0 Å². The van der Waals surface area contributed by atoms with Gasteiger partial charge in [0, 0.05) is 11.6 Å². The zero-order valence-corrected chi connectivity index (χ0v) is 15.2. The monoisotopic (exact) mass is 372 g/mol. The Hall–Kier alpha value is -2.56. The Balaban J connectivity index is 1.89. The maximum absolute atomic E-state index is 13.1. The number of nitrogens with zero attached hydrogens (tertiary/aromatic N) is 1. The molecule has 0 unspecified atom stereocenters. The fourth-order valence-electron chi connectivity index (χ4n) is 2.84. The van der Waals surface area contributed by atoms with Gasteiger partial charge in [0.05, 0.1) is 23.7 Å². The van der Waals surface area contributed by atoms with E-state index in [0.29, 0.717) is 11.3 Å². The molecule has 2 aromatic rings. The number of hydrogen-bond acceptors (Lipinski definition) is 4. The third kappa shape index (κ3) is 3.82. The first-order chi connectivity index (χ1) is 12.4. The lowest BCUT2D eigenvalue weighted by Gasteiger charge is -2.28. The molecule has 3 rings (SSSR count). The van der Waals surface area contributed by atoms with E-state index in [0.717, 1.165) is 12.8 Å². The number of rotatable bonds is 7. The van der Waals surface area contributed by atoms with Crippen molar-refractivity contribution in [1.29, 1.82) is 0 Å². The molecule has 136 valence electrons. The number of benzene rings is 1. The molecule has 0 bridgehead atoms. The van der Waals surface area contributed by atoms with Crippen LogP contribution in [0.4, 0.5) is 0 Å². The van der Waals surface area contributed by atoms with Gasteiger partial charge in [-0.25, -0.2) is 8.42 Å². The lowest BCUT2D eigenvalue weighted by molar-refractivity contribution is 0.0652. The third-order valence-corrected chi connectivity index (χ3v) is 5.70. The highest BCUT2D eigenvalue weighted by Gasteiger charge is 2.37. The highest BCUT2D eigenvalue weighted by Crippen LogP contribution is 2.35. The van der Waals surface area contributed by atoms with Crippen LogP contribution in [0.1, 0.15) is 41.9 Å². The molecule has 0 spiro atoms. The van der Waals surface area contributed by atoms with Crippen molar-refractivity contribution in [2.45, 2.75) is 36.7 Å². The van der Waals surface area contributed by atoms with Crippen LogP contribution < -0.4 is 4.72 Å². The van der Waals surface area contributed by atoms with Crippen LogP contribution in [-0.2, 0) is 10.0 Å². The van der Waals surface area contributed by atoms with Crippen molar-refractivity contribution in [3.05, 3.63) is 54.0 Å². The van der Waals surface area contributed by atoms with Gasteiger partial charge in [0.2, 0.25) is 10.0 Å². The van der Waals surface area contributed by atoms with Gasteiger partial charge in [0.15, 0.2) is 0 Å². The zero-order chi connectivity index (χ0) is 18.7. The molecule has 1 aliphatic carbocycles. The first-order valence-corrected chi connectivity index (χ1v) is 9.81. The molecule has 6 nitrogen and oxygen atoms in total. The lowest BCUT2D eigenvalue weighted by Crippen LogP contribution is -2.35. The van der Waals surface area contributed by atoms with E-state index in [1.807, 2.05) is 13.0 Å². The molecule has 1 N–H and O–H groups in total. The van der Waals surface area contributed by atoms with Crippen LogP contribution in [-0.4, -0.2) is 31.8 Å². The molecule has 0 radical (unpaired) electrons. The van der Waals surface area contributed by atoms with Crippen LogP contribution in [0.2, 0.25) is 0 Å². The molecular formula is C19H20N2O4S. The summed E-state index contributed by atoms with van der Waals surface area (Å²) < 4.78 is 32.3. The lowest BCUT2D eigenvalue weighted by atomic mass is 10.1. The summed E-state index contributed by atoms with van der Waals surface area (Å²) in [6, 6.07) is 9.52. The molecular weight excluding hydrogens is 352 g/mol. The molecule has 1 saturated carbocycles. The number of carbonyl (C=O) groups is 1. The maximum atomic E-state index is 13.1. The average molecular weight is 372 g/mol. The number of terminal acetylenes is 1. The van der Waals surface area contributed by atoms with Gasteiger partial charge in [-0.1, -0.05) is 12.0 Å². The van der Waals surface area contributed by atoms with Crippen LogP contribution in [0, 0.1) is 12.3 Å². The Morgan fingerprint density at radius 1 is 1.38 bits per heavy atom. The van der Waals surface area contributed by atoms with Gasteiger partial charge in [-0.2, -0.15) is 4.72 Å². The average Bonchev–Trinajstić information content (AvgIpc) is 3.31. The van der Waals surface area contributed by atoms with E-state index in [1.165, 1.54) is 12.1 Å². The summed E-state index contributed by atoms with van der Waals surface area (Å²) in [5, 5.41) is 0. The van der Waals surface area contributed by atoms with Gasteiger partial charge in [0.25, 0.3) is 5.91 Å². The number of furan rings is 1. The van der Waals surface area contributed by atoms with E-state index < -0.39 is 10.0 Å². The van der Waals surface area contributed by atoms with Crippen LogP contribution in [0.25, 0.3) is 0 Å². The van der Waals surface area contributed by atoms with E-state index in [-0.39, 0.29) is 29.4 Å². The Kier molecular flexibility index (Phi) is 5.16. The quantitative estimate of drug-likeness (QED) is 0.758. The van der Waals surface area contributed by atoms with Crippen molar-refractivity contribution < 1.29 is 17.6 Å². The molecule has 1 heterocycles. The topological polar surface area (TPSA) is 79.6 Å². The maximum Gasteiger partial charge on any atom is 0.254 e. The number of sulfonamides is 1. The predicted molar refractivity (Wildman–Crippen MR) is 96.8 cm³/mol. The molecule has 1 amide bonds. The summed E-state index contributed by atoms with van der Waals surface area (Å²) >= 11 is 0. The minimum Gasteiger partial charge on any atom is -0.467 e. The first-order valence-electron chi connectivity index (χ1n) is 8.33. The van der Waals surface area contributed by atoms with Crippen molar-refractivity contribution in [3.63, 3.8) is 0 Å². The smallest absolute Gasteiger partial charge is 0.254 e. The van der Waals surface area contributed by atoms with E-state index in [2.05, 4.69) is 10.6 Å². The second-order valence-corrected chi connectivity index (χ2v) is 7.96. The van der Waals surface area contributed by atoms with Gasteiger partial charge in [-0.3, -0.25) is 4.79 Å². The summed E-state index contributed by atoms with van der Waals surface area (Å²) in [6.07, 6.45) is 8.54. The predicted octanol–water partition coefficient (Wildman–Crippen LogP) is 2.56. The summed E-state index contributed by atoms with van der Waals surface area (Å²) in [4.78, 5) is 14.9. The summed E-state index contributed by atoms with van der Waals surface area (Å²) in [5.74, 6) is 2.71. The molecule has 1 atom stereocenters. The van der Waals surface area contributed by atoms with Gasteiger partial charge >= 0.3 is 0 Å². The standard InChI is InChI=1S/C19H20N2O4S/c1-3-11-20-26(23,24)17-7-4-6-15(13-17)19(22)21(16-9-10-16)14(2)18-8-5-12-25-18/h1,4-8,12-14,16,20H,9-11H2,2H3/t14-/m1/s1. The number of nitrogens with one attached hydrogen (secondary N) is 1. The van der Waals surface area contributed by atoms with Crippen molar-refractivity contribution in [3.8, 4) is 12.3 Å². The number of amides is 1.